The quantitative estimate of drug-likeness (QED) is 0.835. The third-order valence-electron chi connectivity index (χ3n) is 5.27. The van der Waals surface area contributed by atoms with Gasteiger partial charge in [0.2, 0.25) is 0 Å². The first kappa shape index (κ1) is 16.5. The number of aryl methyl sites for hydroxylation is 1. The molecule has 4 nitrogen and oxygen atoms in total. The molecule has 1 aliphatic heterocycles. The van der Waals surface area contributed by atoms with E-state index in [1.807, 2.05) is 6.92 Å². The number of carbonyl (C=O) groups excluding carboxylic acids is 1. The summed E-state index contributed by atoms with van der Waals surface area (Å²) in [6, 6.07) is 2.31. The molecule has 1 aliphatic carbocycles. The number of rotatable bonds is 3. The van der Waals surface area contributed by atoms with Gasteiger partial charge >= 0.3 is 0 Å². The van der Waals surface area contributed by atoms with E-state index >= 15 is 0 Å². The number of thiophene rings is 1. The molecule has 1 amide bonds. The van der Waals surface area contributed by atoms with E-state index in [1.54, 1.807) is 11.3 Å². The van der Waals surface area contributed by atoms with Gasteiger partial charge in [0, 0.05) is 4.88 Å². The van der Waals surface area contributed by atoms with Crippen molar-refractivity contribution in [3.8, 4) is 6.07 Å². The summed E-state index contributed by atoms with van der Waals surface area (Å²) in [6.45, 7) is 4.18. The minimum Gasteiger partial charge on any atom is -0.325 e. The molecule has 0 radical (unpaired) electrons. The summed E-state index contributed by atoms with van der Waals surface area (Å²) in [5, 5.41) is 13.4. The Morgan fingerprint density at radius 2 is 1.87 bits per heavy atom. The van der Waals surface area contributed by atoms with Gasteiger partial charge in [-0.1, -0.05) is 6.42 Å². The van der Waals surface area contributed by atoms with Crippen LogP contribution in [0, 0.1) is 11.3 Å². The molecule has 2 N–H and O–H groups in total. The van der Waals surface area contributed by atoms with Crippen molar-refractivity contribution < 1.29 is 9.69 Å². The normalized spacial score (nSPS) is 20.2. The number of nitriles is 1. The summed E-state index contributed by atoms with van der Waals surface area (Å²) in [4.78, 5) is 15.3. The number of carbonyl (C=O) groups is 1. The third kappa shape index (κ3) is 3.59. The van der Waals surface area contributed by atoms with E-state index in [0.29, 0.717) is 0 Å². The number of anilines is 1. The van der Waals surface area contributed by atoms with Gasteiger partial charge in [-0.3, -0.25) is 4.79 Å². The number of nitrogens with one attached hydrogen (secondary N) is 2. The van der Waals surface area contributed by atoms with Crippen LogP contribution >= 0.6 is 11.3 Å². The molecule has 1 aromatic rings. The highest BCUT2D eigenvalue weighted by atomic mass is 32.1. The van der Waals surface area contributed by atoms with Crippen molar-refractivity contribution in [1.29, 1.82) is 5.26 Å². The van der Waals surface area contributed by atoms with Gasteiger partial charge in [0.1, 0.15) is 11.1 Å². The van der Waals surface area contributed by atoms with Gasteiger partial charge in [0.15, 0.2) is 6.04 Å². The van der Waals surface area contributed by atoms with Crippen LogP contribution in [0.25, 0.3) is 0 Å². The lowest BCUT2D eigenvalue weighted by molar-refractivity contribution is -0.918. The first-order chi connectivity index (χ1) is 11.2. The van der Waals surface area contributed by atoms with Crippen molar-refractivity contribution >= 4 is 22.2 Å². The Labute approximate surface area is 142 Å². The van der Waals surface area contributed by atoms with Crippen molar-refractivity contribution in [2.45, 2.75) is 64.3 Å². The van der Waals surface area contributed by atoms with Crippen molar-refractivity contribution in [3.63, 3.8) is 0 Å². The molecule has 0 saturated carbocycles. The monoisotopic (exact) mass is 332 g/mol. The summed E-state index contributed by atoms with van der Waals surface area (Å²) < 4.78 is 0. The summed E-state index contributed by atoms with van der Waals surface area (Å²) in [6.07, 6.45) is 9.33. The van der Waals surface area contributed by atoms with Gasteiger partial charge in [0.25, 0.3) is 5.91 Å². The smallest absolute Gasteiger partial charge is 0.283 e. The number of fused-ring (bicyclic) bond motifs is 1. The zero-order valence-corrected chi connectivity index (χ0v) is 14.7. The minimum atomic E-state index is -0.0382. The first-order valence-electron chi connectivity index (χ1n) is 8.90. The van der Waals surface area contributed by atoms with E-state index in [2.05, 4.69) is 11.4 Å². The van der Waals surface area contributed by atoms with Crippen LogP contribution < -0.4 is 10.2 Å². The minimum absolute atomic E-state index is 0.0382. The Hall–Kier alpha value is -1.38. The Morgan fingerprint density at radius 3 is 2.61 bits per heavy atom. The van der Waals surface area contributed by atoms with E-state index < -0.39 is 0 Å². The Bertz CT molecular complexity index is 611. The summed E-state index contributed by atoms with van der Waals surface area (Å²) in [5.41, 5.74) is 1.92. The lowest BCUT2D eigenvalue weighted by atomic mass is 10.1. The first-order valence-corrected chi connectivity index (χ1v) is 9.72. The zero-order valence-electron chi connectivity index (χ0n) is 13.9. The number of hydrogen-bond acceptors (Lipinski definition) is 3. The summed E-state index contributed by atoms with van der Waals surface area (Å²) in [7, 11) is 0. The van der Waals surface area contributed by atoms with Gasteiger partial charge in [-0.15, -0.1) is 11.3 Å². The second kappa shape index (κ2) is 7.46. The maximum absolute atomic E-state index is 12.6. The molecule has 1 atom stereocenters. The van der Waals surface area contributed by atoms with Crippen LogP contribution in [0.2, 0.25) is 0 Å². The highest BCUT2D eigenvalue weighted by Crippen LogP contribution is 2.36. The number of quaternary nitrogens is 1. The fraction of sp³-hybridized carbons (Fsp3) is 0.667. The molecule has 0 spiro atoms. The second-order valence-electron chi connectivity index (χ2n) is 6.81. The largest absolute Gasteiger partial charge is 0.325 e. The van der Waals surface area contributed by atoms with Gasteiger partial charge in [0.05, 0.1) is 18.7 Å². The van der Waals surface area contributed by atoms with E-state index in [-0.39, 0.29) is 11.9 Å². The van der Waals surface area contributed by atoms with E-state index in [1.165, 1.54) is 47.4 Å². The number of likely N-dealkylation sites (tertiary alicyclic amines) is 1. The number of piperidine rings is 1. The molecule has 0 aromatic carbocycles. The predicted molar refractivity (Wildman–Crippen MR) is 92.9 cm³/mol. The van der Waals surface area contributed by atoms with Crippen LogP contribution in [0.1, 0.15) is 61.5 Å². The summed E-state index contributed by atoms with van der Waals surface area (Å²) >= 11 is 1.63. The average molecular weight is 332 g/mol. The standard InChI is InChI=1S/C18H25N3OS/c1-13(21-10-6-3-7-11-21)17(22)20-18-15(12-19)14-8-4-2-5-9-16(14)23-18/h13H,2-11H2,1H3,(H,20,22)/p+1/t13-/m1/s1. The average Bonchev–Trinajstić information content (AvgIpc) is 2.74. The van der Waals surface area contributed by atoms with Crippen LogP contribution in [0.5, 0.6) is 0 Å². The lowest BCUT2D eigenvalue weighted by Gasteiger charge is -2.28. The molecule has 1 fully saturated rings. The second-order valence-corrected chi connectivity index (χ2v) is 7.92. The van der Waals surface area contributed by atoms with E-state index in [9.17, 15) is 10.1 Å². The number of amides is 1. The van der Waals surface area contributed by atoms with Crippen molar-refractivity contribution in [3.05, 3.63) is 16.0 Å². The topological polar surface area (TPSA) is 57.3 Å². The van der Waals surface area contributed by atoms with E-state index in [0.717, 1.165) is 42.9 Å². The van der Waals surface area contributed by atoms with Gasteiger partial charge in [-0.2, -0.15) is 5.26 Å². The molecule has 0 unspecified atom stereocenters. The van der Waals surface area contributed by atoms with Crippen LogP contribution in [-0.4, -0.2) is 25.0 Å². The highest BCUT2D eigenvalue weighted by molar-refractivity contribution is 7.16. The third-order valence-corrected chi connectivity index (χ3v) is 6.48. The number of nitrogens with zero attached hydrogens (tertiary/aromatic N) is 1. The van der Waals surface area contributed by atoms with Crippen LogP contribution in [0.4, 0.5) is 5.00 Å². The highest BCUT2D eigenvalue weighted by Gasteiger charge is 2.28. The van der Waals surface area contributed by atoms with Crippen LogP contribution in [0.3, 0.4) is 0 Å². The van der Waals surface area contributed by atoms with Gasteiger partial charge in [-0.25, -0.2) is 0 Å². The predicted octanol–water partition coefficient (Wildman–Crippen LogP) is 2.28. The summed E-state index contributed by atoms with van der Waals surface area (Å²) in [5.74, 6) is 0.0646. The lowest BCUT2D eigenvalue weighted by Crippen LogP contribution is -3.17. The molecule has 2 aliphatic rings. The molecule has 1 aromatic heterocycles. The Balaban J connectivity index is 1.74. The number of hydrogen-bond donors (Lipinski definition) is 2. The van der Waals surface area contributed by atoms with Crippen molar-refractivity contribution in [2.75, 3.05) is 18.4 Å². The molecule has 23 heavy (non-hydrogen) atoms. The maximum atomic E-state index is 12.6. The Kier molecular flexibility index (Phi) is 5.34. The molecular formula is C18H26N3OS+. The maximum Gasteiger partial charge on any atom is 0.283 e. The fourth-order valence-electron chi connectivity index (χ4n) is 3.79. The van der Waals surface area contributed by atoms with E-state index in [4.69, 9.17) is 0 Å². The molecule has 5 heteroatoms. The SMILES string of the molecule is C[C@H](C(=O)Nc1sc2c(c1C#N)CCCCC2)[NH+]1CCCCC1. The van der Waals surface area contributed by atoms with Crippen molar-refractivity contribution in [2.24, 2.45) is 0 Å². The Morgan fingerprint density at radius 1 is 1.17 bits per heavy atom. The molecule has 1 saturated heterocycles. The molecule has 2 heterocycles. The van der Waals surface area contributed by atoms with Crippen LogP contribution in [0.15, 0.2) is 0 Å². The van der Waals surface area contributed by atoms with Crippen LogP contribution in [-0.2, 0) is 17.6 Å². The molecular weight excluding hydrogens is 306 g/mol. The fourth-order valence-corrected chi connectivity index (χ4v) is 5.04. The zero-order chi connectivity index (χ0) is 16.2. The molecule has 3 rings (SSSR count). The van der Waals surface area contributed by atoms with Gasteiger partial charge in [-0.05, 0) is 57.4 Å². The van der Waals surface area contributed by atoms with Gasteiger partial charge < -0.3 is 10.2 Å². The van der Waals surface area contributed by atoms with Crippen molar-refractivity contribution in [1.82, 2.24) is 0 Å². The molecule has 0 bridgehead atoms. The molecule has 124 valence electrons.